The predicted octanol–water partition coefficient (Wildman–Crippen LogP) is 4.01. The maximum atomic E-state index is 13.3. The van der Waals surface area contributed by atoms with Crippen molar-refractivity contribution in [2.45, 2.75) is 33.2 Å². The summed E-state index contributed by atoms with van der Waals surface area (Å²) in [5.74, 6) is 0.174. The van der Waals surface area contributed by atoms with E-state index in [2.05, 4.69) is 18.7 Å². The number of fused-ring (bicyclic) bond motifs is 1. The first-order valence-corrected chi connectivity index (χ1v) is 12.6. The van der Waals surface area contributed by atoms with Gasteiger partial charge < -0.3 is 29.1 Å². The molecule has 2 aromatic carbocycles. The van der Waals surface area contributed by atoms with Crippen molar-refractivity contribution in [1.29, 1.82) is 0 Å². The summed E-state index contributed by atoms with van der Waals surface area (Å²) in [4.78, 5) is 30.4. The van der Waals surface area contributed by atoms with Gasteiger partial charge in [0.05, 0.1) is 18.2 Å². The van der Waals surface area contributed by atoms with Crippen LogP contribution in [0.4, 0.5) is 0 Å². The highest BCUT2D eigenvalue weighted by molar-refractivity contribution is 6.46. The lowest BCUT2D eigenvalue weighted by Gasteiger charge is -2.27. The van der Waals surface area contributed by atoms with Gasteiger partial charge in [0.25, 0.3) is 11.7 Å². The lowest BCUT2D eigenvalue weighted by Crippen LogP contribution is -2.33. The fourth-order valence-corrected chi connectivity index (χ4v) is 4.75. The summed E-state index contributed by atoms with van der Waals surface area (Å²) in [6.07, 6.45) is 0.709. The number of likely N-dealkylation sites (tertiary alicyclic amines) is 1. The van der Waals surface area contributed by atoms with Crippen LogP contribution in [-0.2, 0) is 9.59 Å². The van der Waals surface area contributed by atoms with Crippen LogP contribution in [0.5, 0.6) is 17.2 Å². The number of amides is 1. The number of benzene rings is 2. The molecule has 1 fully saturated rings. The smallest absolute Gasteiger partial charge is 0.295 e. The summed E-state index contributed by atoms with van der Waals surface area (Å²) in [6.45, 7) is 10.5. The molecular weight excluding hydrogens is 460 g/mol. The van der Waals surface area contributed by atoms with Crippen LogP contribution >= 0.6 is 0 Å². The average Bonchev–Trinajstić information content (AvgIpc) is 3.16. The molecule has 1 saturated heterocycles. The van der Waals surface area contributed by atoms with Crippen LogP contribution in [0.25, 0.3) is 5.76 Å². The van der Waals surface area contributed by atoms with E-state index in [9.17, 15) is 14.7 Å². The molecule has 1 N–H and O–H groups in total. The number of carbonyl (C=O) groups excluding carboxylic acids is 2. The zero-order valence-corrected chi connectivity index (χ0v) is 21.2. The van der Waals surface area contributed by atoms with E-state index in [1.54, 1.807) is 23.1 Å². The third kappa shape index (κ3) is 5.18. The van der Waals surface area contributed by atoms with Crippen LogP contribution in [0.2, 0.25) is 0 Å². The van der Waals surface area contributed by atoms with Gasteiger partial charge in [-0.25, -0.2) is 0 Å². The van der Waals surface area contributed by atoms with Crippen molar-refractivity contribution < 1.29 is 28.9 Å². The Kier molecular flexibility index (Phi) is 8.15. The van der Waals surface area contributed by atoms with E-state index in [0.29, 0.717) is 61.2 Å². The minimum Gasteiger partial charge on any atom is -0.507 e. The van der Waals surface area contributed by atoms with Gasteiger partial charge in [0, 0.05) is 12.1 Å². The van der Waals surface area contributed by atoms with Gasteiger partial charge in [-0.05, 0) is 68.9 Å². The molecule has 0 aliphatic carbocycles. The van der Waals surface area contributed by atoms with E-state index in [1.807, 2.05) is 31.2 Å². The molecule has 0 bridgehead atoms. The van der Waals surface area contributed by atoms with Crippen molar-refractivity contribution in [2.75, 3.05) is 46.0 Å². The SMILES string of the molecule is CCOc1cccc([C@@H]2/C(=C(\O)c3ccc4c(c3)OCCO4)C(=O)C(=O)N2CCCN(CC)CC)c1. The molecule has 36 heavy (non-hydrogen) atoms. The average molecular weight is 495 g/mol. The summed E-state index contributed by atoms with van der Waals surface area (Å²) in [5, 5.41) is 11.4. The summed E-state index contributed by atoms with van der Waals surface area (Å²) in [5.41, 5.74) is 1.17. The number of nitrogens with zero attached hydrogens (tertiary/aromatic N) is 2. The molecule has 0 saturated carbocycles. The fourth-order valence-electron chi connectivity index (χ4n) is 4.75. The molecule has 0 unspecified atom stereocenters. The van der Waals surface area contributed by atoms with Gasteiger partial charge in [-0.15, -0.1) is 0 Å². The number of aliphatic hydroxyl groups excluding tert-OH is 1. The van der Waals surface area contributed by atoms with Crippen molar-refractivity contribution in [3.05, 3.63) is 59.2 Å². The zero-order chi connectivity index (χ0) is 25.7. The molecule has 0 spiro atoms. The maximum absolute atomic E-state index is 13.3. The van der Waals surface area contributed by atoms with Crippen LogP contribution in [0.1, 0.15) is 44.4 Å². The molecule has 0 radical (unpaired) electrons. The van der Waals surface area contributed by atoms with E-state index in [4.69, 9.17) is 14.2 Å². The molecule has 8 heteroatoms. The number of ketones is 1. The van der Waals surface area contributed by atoms with Crippen molar-refractivity contribution in [2.24, 2.45) is 0 Å². The first-order valence-electron chi connectivity index (χ1n) is 12.6. The molecule has 1 amide bonds. The lowest BCUT2D eigenvalue weighted by molar-refractivity contribution is -0.140. The predicted molar refractivity (Wildman–Crippen MR) is 136 cm³/mol. The lowest BCUT2D eigenvalue weighted by atomic mass is 9.95. The van der Waals surface area contributed by atoms with Gasteiger partial charge in [-0.3, -0.25) is 9.59 Å². The highest BCUT2D eigenvalue weighted by Crippen LogP contribution is 2.41. The molecule has 1 atom stereocenters. The normalized spacial score (nSPS) is 18.7. The molecule has 192 valence electrons. The summed E-state index contributed by atoms with van der Waals surface area (Å²) in [6, 6.07) is 11.6. The number of aliphatic hydroxyl groups is 1. The summed E-state index contributed by atoms with van der Waals surface area (Å²) >= 11 is 0. The highest BCUT2D eigenvalue weighted by Gasteiger charge is 2.46. The Morgan fingerprint density at radius 3 is 2.53 bits per heavy atom. The van der Waals surface area contributed by atoms with Gasteiger partial charge in [0.15, 0.2) is 11.5 Å². The quantitative estimate of drug-likeness (QED) is 0.303. The third-order valence-electron chi connectivity index (χ3n) is 6.61. The zero-order valence-electron chi connectivity index (χ0n) is 21.2. The summed E-state index contributed by atoms with van der Waals surface area (Å²) < 4.78 is 16.9. The molecule has 8 nitrogen and oxygen atoms in total. The maximum Gasteiger partial charge on any atom is 0.295 e. The molecule has 2 aliphatic rings. The number of hydrogen-bond donors (Lipinski definition) is 1. The van der Waals surface area contributed by atoms with Crippen molar-refractivity contribution >= 4 is 17.4 Å². The number of carbonyl (C=O) groups is 2. The molecule has 2 aromatic rings. The second-order valence-electron chi connectivity index (χ2n) is 8.74. The number of rotatable bonds is 10. The Morgan fingerprint density at radius 1 is 1.06 bits per heavy atom. The van der Waals surface area contributed by atoms with Gasteiger partial charge in [0.2, 0.25) is 0 Å². The van der Waals surface area contributed by atoms with Crippen LogP contribution in [0.15, 0.2) is 48.0 Å². The van der Waals surface area contributed by atoms with Crippen LogP contribution < -0.4 is 14.2 Å². The Balaban J connectivity index is 1.75. The largest absolute Gasteiger partial charge is 0.507 e. The van der Waals surface area contributed by atoms with Crippen LogP contribution in [0.3, 0.4) is 0 Å². The van der Waals surface area contributed by atoms with Crippen LogP contribution in [-0.4, -0.2) is 72.6 Å². The minimum absolute atomic E-state index is 0.0631. The Labute approximate surface area is 212 Å². The number of Topliss-reactive ketones (excluding diaryl/α,β-unsaturated/α-hetero) is 1. The minimum atomic E-state index is -0.727. The van der Waals surface area contributed by atoms with Gasteiger partial charge in [0.1, 0.15) is 24.7 Å². The highest BCUT2D eigenvalue weighted by atomic mass is 16.6. The van der Waals surface area contributed by atoms with Gasteiger partial charge >= 0.3 is 0 Å². The van der Waals surface area contributed by atoms with E-state index in [1.165, 1.54) is 0 Å². The van der Waals surface area contributed by atoms with E-state index in [-0.39, 0.29) is 11.3 Å². The van der Waals surface area contributed by atoms with Crippen molar-refractivity contribution in [3.8, 4) is 17.2 Å². The van der Waals surface area contributed by atoms with E-state index >= 15 is 0 Å². The second-order valence-corrected chi connectivity index (χ2v) is 8.74. The third-order valence-corrected chi connectivity index (χ3v) is 6.61. The van der Waals surface area contributed by atoms with Crippen molar-refractivity contribution in [3.63, 3.8) is 0 Å². The Hall–Kier alpha value is -3.52. The first kappa shape index (κ1) is 25.6. The monoisotopic (exact) mass is 494 g/mol. The van der Waals surface area contributed by atoms with Crippen molar-refractivity contribution in [1.82, 2.24) is 9.80 Å². The molecular formula is C28H34N2O6. The van der Waals surface area contributed by atoms with Gasteiger partial charge in [-0.1, -0.05) is 26.0 Å². The first-order chi connectivity index (χ1) is 17.5. The fraction of sp³-hybridized carbons (Fsp3) is 0.429. The Morgan fingerprint density at radius 2 is 1.81 bits per heavy atom. The Bertz CT molecular complexity index is 1140. The second kappa shape index (κ2) is 11.5. The topological polar surface area (TPSA) is 88.5 Å². The van der Waals surface area contributed by atoms with Crippen LogP contribution in [0, 0.1) is 0 Å². The molecule has 2 aliphatic heterocycles. The van der Waals surface area contributed by atoms with Gasteiger partial charge in [-0.2, -0.15) is 0 Å². The van der Waals surface area contributed by atoms with E-state index < -0.39 is 17.7 Å². The molecule has 4 rings (SSSR count). The number of hydrogen-bond acceptors (Lipinski definition) is 7. The molecule has 2 heterocycles. The standard InChI is InChI=1S/C28H34N2O6/c1-4-29(5-2)13-8-14-30-25(19-9-7-10-21(17-19)34-6-3)24(27(32)28(30)33)26(31)20-11-12-22-23(18-20)36-16-15-35-22/h7,9-12,17-18,25,31H,4-6,8,13-16H2,1-3H3/b26-24+/t25-/m1/s1. The molecule has 0 aromatic heterocycles. The van der Waals surface area contributed by atoms with E-state index in [0.717, 1.165) is 19.6 Å². The number of ether oxygens (including phenoxy) is 3. The summed E-state index contributed by atoms with van der Waals surface area (Å²) in [7, 11) is 0.